The van der Waals surface area contributed by atoms with Gasteiger partial charge in [0, 0.05) is 57.3 Å². The summed E-state index contributed by atoms with van der Waals surface area (Å²) in [7, 11) is 0. The van der Waals surface area contributed by atoms with Crippen molar-refractivity contribution in [1.29, 1.82) is 0 Å². The van der Waals surface area contributed by atoms with Crippen LogP contribution in [0, 0.1) is 0 Å². The van der Waals surface area contributed by atoms with Crippen LogP contribution in [0.3, 0.4) is 0 Å². The molecule has 6 heteroatoms. The van der Waals surface area contributed by atoms with Gasteiger partial charge in [0.2, 0.25) is 5.91 Å². The number of rotatable bonds is 9. The van der Waals surface area contributed by atoms with Gasteiger partial charge in [-0.1, -0.05) is 6.92 Å². The smallest absolute Gasteiger partial charge is 0.222 e. The molecule has 0 spiro atoms. The molecule has 146 valence electrons. The summed E-state index contributed by atoms with van der Waals surface area (Å²) in [4.78, 5) is 21.0. The molecule has 1 saturated heterocycles. The highest BCUT2D eigenvalue weighted by atomic mass is 16.2. The second-order valence-corrected chi connectivity index (χ2v) is 7.36. The van der Waals surface area contributed by atoms with Gasteiger partial charge in [-0.05, 0) is 47.5 Å². The Bertz CT molecular complexity index is 414. The Balaban J connectivity index is 2.45. The maximum atomic E-state index is 11.8. The molecule has 0 radical (unpaired) electrons. The van der Waals surface area contributed by atoms with E-state index in [0.717, 1.165) is 51.5 Å². The summed E-state index contributed by atoms with van der Waals surface area (Å²) >= 11 is 0. The van der Waals surface area contributed by atoms with Gasteiger partial charge in [0.15, 0.2) is 5.96 Å². The van der Waals surface area contributed by atoms with Gasteiger partial charge in [-0.15, -0.1) is 0 Å². The zero-order valence-corrected chi connectivity index (χ0v) is 17.1. The molecule has 1 unspecified atom stereocenters. The molecule has 1 aliphatic heterocycles. The van der Waals surface area contributed by atoms with E-state index in [9.17, 15) is 4.79 Å². The maximum absolute atomic E-state index is 11.8. The average molecular weight is 354 g/mol. The molecule has 1 aliphatic rings. The normalized spacial score (nSPS) is 18.5. The average Bonchev–Trinajstić information content (AvgIpc) is 3.01. The van der Waals surface area contributed by atoms with Gasteiger partial charge in [-0.3, -0.25) is 14.7 Å². The lowest BCUT2D eigenvalue weighted by molar-refractivity contribution is -0.129. The largest absolute Gasteiger partial charge is 0.357 e. The fourth-order valence-corrected chi connectivity index (χ4v) is 3.40. The highest BCUT2D eigenvalue weighted by Gasteiger charge is 2.25. The van der Waals surface area contributed by atoms with E-state index in [-0.39, 0.29) is 5.91 Å². The summed E-state index contributed by atoms with van der Waals surface area (Å²) in [6, 6.07) is 1.43. The van der Waals surface area contributed by atoms with Crippen molar-refractivity contribution in [3.63, 3.8) is 0 Å². The molecule has 1 heterocycles. The Morgan fingerprint density at radius 2 is 1.92 bits per heavy atom. The van der Waals surface area contributed by atoms with Crippen molar-refractivity contribution in [2.24, 2.45) is 4.99 Å². The first-order valence-electron chi connectivity index (χ1n) is 9.97. The molecule has 0 bridgehead atoms. The third kappa shape index (κ3) is 7.63. The predicted octanol–water partition coefficient (Wildman–Crippen LogP) is 2.06. The van der Waals surface area contributed by atoms with Crippen LogP contribution in [0.5, 0.6) is 0 Å². The van der Waals surface area contributed by atoms with E-state index in [0.29, 0.717) is 24.5 Å². The lowest BCUT2D eigenvalue weighted by atomic mass is 10.2. The number of aliphatic imine (C=N–C) groups is 1. The third-order valence-corrected chi connectivity index (χ3v) is 4.70. The van der Waals surface area contributed by atoms with Crippen LogP contribution in [0.2, 0.25) is 0 Å². The Hall–Kier alpha value is -1.30. The van der Waals surface area contributed by atoms with Gasteiger partial charge >= 0.3 is 0 Å². The molecule has 0 aromatic rings. The second-order valence-electron chi connectivity index (χ2n) is 7.36. The molecular weight excluding hydrogens is 314 g/mol. The molecule has 1 amide bonds. The minimum atomic E-state index is 0.244. The minimum Gasteiger partial charge on any atom is -0.357 e. The Labute approximate surface area is 154 Å². The van der Waals surface area contributed by atoms with Gasteiger partial charge in [-0.2, -0.15) is 0 Å². The highest BCUT2D eigenvalue weighted by Crippen LogP contribution is 2.10. The predicted molar refractivity (Wildman–Crippen MR) is 106 cm³/mol. The lowest BCUT2D eigenvalue weighted by Crippen LogP contribution is -2.45. The van der Waals surface area contributed by atoms with E-state index < -0.39 is 0 Å². The molecule has 1 fully saturated rings. The summed E-state index contributed by atoms with van der Waals surface area (Å²) in [5, 5.41) is 6.81. The van der Waals surface area contributed by atoms with Crippen LogP contribution in [0.1, 0.15) is 60.8 Å². The summed E-state index contributed by atoms with van der Waals surface area (Å²) in [5.41, 5.74) is 0. The first-order chi connectivity index (χ1) is 11.9. The van der Waals surface area contributed by atoms with Gasteiger partial charge < -0.3 is 15.5 Å². The SMILES string of the molecule is CCNC(=NCCCN(C(C)C)C(C)C)NC1CCN(C(=O)CC)C1. The number of nitrogens with one attached hydrogen (secondary N) is 2. The molecule has 0 aromatic carbocycles. The van der Waals surface area contributed by atoms with Crippen LogP contribution in [0.15, 0.2) is 4.99 Å². The van der Waals surface area contributed by atoms with Crippen LogP contribution < -0.4 is 10.6 Å². The minimum absolute atomic E-state index is 0.244. The van der Waals surface area contributed by atoms with E-state index >= 15 is 0 Å². The number of hydrogen-bond donors (Lipinski definition) is 2. The van der Waals surface area contributed by atoms with E-state index in [1.807, 2.05) is 11.8 Å². The summed E-state index contributed by atoms with van der Waals surface area (Å²) < 4.78 is 0. The Morgan fingerprint density at radius 3 is 2.48 bits per heavy atom. The Morgan fingerprint density at radius 1 is 1.24 bits per heavy atom. The lowest BCUT2D eigenvalue weighted by Gasteiger charge is -2.30. The molecule has 0 saturated carbocycles. The first kappa shape index (κ1) is 21.7. The Kier molecular flexibility index (Phi) is 9.86. The maximum Gasteiger partial charge on any atom is 0.222 e. The molecule has 25 heavy (non-hydrogen) atoms. The highest BCUT2D eigenvalue weighted by molar-refractivity contribution is 5.80. The zero-order valence-electron chi connectivity index (χ0n) is 17.1. The quantitative estimate of drug-likeness (QED) is 0.378. The van der Waals surface area contributed by atoms with Crippen molar-refractivity contribution in [3.05, 3.63) is 0 Å². The number of carbonyl (C=O) groups excluding carboxylic acids is 1. The molecule has 0 aliphatic carbocycles. The van der Waals surface area contributed by atoms with Gasteiger partial charge in [0.05, 0.1) is 0 Å². The van der Waals surface area contributed by atoms with Crippen LogP contribution in [0.25, 0.3) is 0 Å². The molecule has 1 atom stereocenters. The van der Waals surface area contributed by atoms with Gasteiger partial charge in [-0.25, -0.2) is 0 Å². The standard InChI is InChI=1S/C19H39N5O/c1-7-18(25)23-13-10-17(14-23)22-19(20-8-2)21-11-9-12-24(15(3)4)16(5)6/h15-17H,7-14H2,1-6H3,(H2,20,21,22). The number of carbonyl (C=O) groups is 1. The van der Waals surface area contributed by atoms with Crippen LogP contribution in [0.4, 0.5) is 0 Å². The summed E-state index contributed by atoms with van der Waals surface area (Å²) in [5.74, 6) is 1.12. The summed E-state index contributed by atoms with van der Waals surface area (Å²) in [6.45, 7) is 17.4. The van der Waals surface area contributed by atoms with Crippen LogP contribution in [-0.2, 0) is 4.79 Å². The molecule has 0 aromatic heterocycles. The molecule has 1 rings (SSSR count). The van der Waals surface area contributed by atoms with Crippen molar-refractivity contribution in [3.8, 4) is 0 Å². The molecule has 6 nitrogen and oxygen atoms in total. The number of amides is 1. The first-order valence-corrected chi connectivity index (χ1v) is 9.97. The fourth-order valence-electron chi connectivity index (χ4n) is 3.40. The molecule has 2 N–H and O–H groups in total. The van der Waals surface area contributed by atoms with E-state index in [4.69, 9.17) is 4.99 Å². The topological polar surface area (TPSA) is 60.0 Å². The van der Waals surface area contributed by atoms with Crippen molar-refractivity contribution in [2.75, 3.05) is 32.7 Å². The van der Waals surface area contributed by atoms with Crippen LogP contribution >= 0.6 is 0 Å². The monoisotopic (exact) mass is 353 g/mol. The third-order valence-electron chi connectivity index (χ3n) is 4.70. The van der Waals surface area contributed by atoms with E-state index in [1.165, 1.54) is 0 Å². The van der Waals surface area contributed by atoms with Crippen molar-refractivity contribution < 1.29 is 4.79 Å². The van der Waals surface area contributed by atoms with Crippen molar-refractivity contribution in [1.82, 2.24) is 20.4 Å². The molecular formula is C19H39N5O. The van der Waals surface area contributed by atoms with E-state index in [1.54, 1.807) is 0 Å². The van der Waals surface area contributed by atoms with Gasteiger partial charge in [0.25, 0.3) is 0 Å². The number of guanidine groups is 1. The number of hydrogen-bond acceptors (Lipinski definition) is 3. The van der Waals surface area contributed by atoms with Crippen molar-refractivity contribution in [2.45, 2.75) is 78.9 Å². The number of likely N-dealkylation sites (tertiary alicyclic amines) is 1. The van der Waals surface area contributed by atoms with Crippen LogP contribution in [-0.4, -0.2) is 72.5 Å². The second kappa shape index (κ2) is 11.3. The van der Waals surface area contributed by atoms with E-state index in [2.05, 4.69) is 50.2 Å². The van der Waals surface area contributed by atoms with Crippen molar-refractivity contribution >= 4 is 11.9 Å². The number of nitrogens with zero attached hydrogens (tertiary/aromatic N) is 3. The zero-order chi connectivity index (χ0) is 18.8. The summed E-state index contributed by atoms with van der Waals surface area (Å²) in [6.07, 6.45) is 2.63. The fraction of sp³-hybridized carbons (Fsp3) is 0.895. The van der Waals surface area contributed by atoms with Gasteiger partial charge in [0.1, 0.15) is 0 Å².